The predicted molar refractivity (Wildman–Crippen MR) is 73.6 cm³/mol. The largest absolute Gasteiger partial charge is 0.495 e. The monoisotopic (exact) mass is 316 g/mol. The molecule has 0 radical (unpaired) electrons. The number of piperidine rings is 1. The zero-order valence-electron chi connectivity index (χ0n) is 11.4. The van der Waals surface area contributed by atoms with Crippen LogP contribution in [-0.4, -0.2) is 49.1 Å². The van der Waals surface area contributed by atoms with E-state index in [2.05, 4.69) is 0 Å². The molecule has 2 rings (SSSR count). The van der Waals surface area contributed by atoms with Crippen molar-refractivity contribution in [3.63, 3.8) is 0 Å². The molecule has 1 saturated heterocycles. The standard InChI is InChI=1S/C12H16N2O6S/c1-20-11-8-9(14(16)17)2-3-12(11)21(18,19)13-6-4-10(15)5-7-13/h2-3,8,10,15H,4-7H2,1H3. The summed E-state index contributed by atoms with van der Waals surface area (Å²) in [4.78, 5) is 10.0. The van der Waals surface area contributed by atoms with Crippen molar-refractivity contribution in [2.24, 2.45) is 0 Å². The normalized spacial score (nSPS) is 17.6. The van der Waals surface area contributed by atoms with Crippen molar-refractivity contribution in [3.05, 3.63) is 28.3 Å². The van der Waals surface area contributed by atoms with Crippen molar-refractivity contribution in [1.29, 1.82) is 0 Å². The van der Waals surface area contributed by atoms with Crippen molar-refractivity contribution in [2.45, 2.75) is 23.8 Å². The quantitative estimate of drug-likeness (QED) is 0.648. The number of nitrogens with zero attached hydrogens (tertiary/aromatic N) is 2. The minimum Gasteiger partial charge on any atom is -0.495 e. The molecule has 1 fully saturated rings. The number of non-ortho nitro benzene ring substituents is 1. The summed E-state index contributed by atoms with van der Waals surface area (Å²) in [5.74, 6) is -0.0599. The Bertz CT molecular complexity index is 637. The summed E-state index contributed by atoms with van der Waals surface area (Å²) in [5.41, 5.74) is -0.236. The van der Waals surface area contributed by atoms with Crippen LogP contribution in [0.25, 0.3) is 0 Å². The maximum absolute atomic E-state index is 12.5. The lowest BCUT2D eigenvalue weighted by atomic mass is 10.1. The average molecular weight is 316 g/mol. The lowest BCUT2D eigenvalue weighted by molar-refractivity contribution is -0.385. The van der Waals surface area contributed by atoms with Crippen LogP contribution >= 0.6 is 0 Å². The maximum Gasteiger partial charge on any atom is 0.273 e. The zero-order valence-corrected chi connectivity index (χ0v) is 12.2. The van der Waals surface area contributed by atoms with Crippen LogP contribution in [0.3, 0.4) is 0 Å². The molecule has 0 saturated carbocycles. The number of benzene rings is 1. The minimum atomic E-state index is -3.80. The number of aliphatic hydroxyl groups is 1. The van der Waals surface area contributed by atoms with Gasteiger partial charge < -0.3 is 9.84 Å². The smallest absolute Gasteiger partial charge is 0.273 e. The van der Waals surface area contributed by atoms with E-state index in [1.54, 1.807) is 0 Å². The third-order valence-corrected chi connectivity index (χ3v) is 5.34. The Balaban J connectivity index is 2.38. The lowest BCUT2D eigenvalue weighted by Gasteiger charge is -2.29. The summed E-state index contributed by atoms with van der Waals surface area (Å²) < 4.78 is 31.3. The van der Waals surface area contributed by atoms with Gasteiger partial charge in [0, 0.05) is 19.2 Å². The fourth-order valence-corrected chi connectivity index (χ4v) is 3.81. The Labute approximate surface area is 122 Å². The van der Waals surface area contributed by atoms with Crippen LogP contribution in [0.4, 0.5) is 5.69 Å². The third kappa shape index (κ3) is 3.14. The molecular formula is C12H16N2O6S. The van der Waals surface area contributed by atoms with E-state index in [1.165, 1.54) is 17.5 Å². The van der Waals surface area contributed by atoms with Gasteiger partial charge in [-0.3, -0.25) is 10.1 Å². The Hall–Kier alpha value is -1.71. The number of hydrogen-bond acceptors (Lipinski definition) is 6. The second-order valence-corrected chi connectivity index (χ2v) is 6.63. The minimum absolute atomic E-state index is 0.0599. The van der Waals surface area contributed by atoms with E-state index in [-0.39, 0.29) is 29.4 Å². The molecule has 0 aromatic heterocycles. The van der Waals surface area contributed by atoms with Crippen LogP contribution in [0.2, 0.25) is 0 Å². The topological polar surface area (TPSA) is 110 Å². The molecule has 116 valence electrons. The molecule has 0 bridgehead atoms. The summed E-state index contributed by atoms with van der Waals surface area (Å²) in [5, 5.41) is 20.2. The molecule has 1 aromatic rings. The molecule has 1 aliphatic heterocycles. The van der Waals surface area contributed by atoms with Gasteiger partial charge in [0.1, 0.15) is 10.6 Å². The van der Waals surface area contributed by atoms with Gasteiger partial charge in [-0.25, -0.2) is 8.42 Å². The van der Waals surface area contributed by atoms with Gasteiger partial charge in [-0.2, -0.15) is 4.31 Å². The SMILES string of the molecule is COc1cc([N+](=O)[O-])ccc1S(=O)(=O)N1CCC(O)CC1. The second-order valence-electron chi connectivity index (χ2n) is 4.73. The zero-order chi connectivity index (χ0) is 15.6. The van der Waals surface area contributed by atoms with Crippen LogP contribution in [0.15, 0.2) is 23.1 Å². The van der Waals surface area contributed by atoms with Gasteiger partial charge in [0.2, 0.25) is 10.0 Å². The Morgan fingerprint density at radius 3 is 2.52 bits per heavy atom. The first-order valence-electron chi connectivity index (χ1n) is 6.37. The van der Waals surface area contributed by atoms with Crippen molar-refractivity contribution < 1.29 is 23.2 Å². The van der Waals surface area contributed by atoms with E-state index >= 15 is 0 Å². The number of nitro groups is 1. The van der Waals surface area contributed by atoms with Crippen LogP contribution in [-0.2, 0) is 10.0 Å². The van der Waals surface area contributed by atoms with Gasteiger partial charge in [-0.1, -0.05) is 0 Å². The number of ether oxygens (including phenoxy) is 1. The molecule has 21 heavy (non-hydrogen) atoms. The molecule has 9 heteroatoms. The third-order valence-electron chi connectivity index (χ3n) is 3.40. The Morgan fingerprint density at radius 1 is 1.38 bits per heavy atom. The van der Waals surface area contributed by atoms with E-state index < -0.39 is 21.1 Å². The maximum atomic E-state index is 12.5. The predicted octanol–water partition coefficient (Wildman–Crippen LogP) is 0.749. The van der Waals surface area contributed by atoms with Gasteiger partial charge in [-0.05, 0) is 18.9 Å². The molecule has 0 unspecified atom stereocenters. The lowest BCUT2D eigenvalue weighted by Crippen LogP contribution is -2.40. The van der Waals surface area contributed by atoms with Crippen LogP contribution in [0.5, 0.6) is 5.75 Å². The van der Waals surface area contributed by atoms with Crippen LogP contribution in [0, 0.1) is 10.1 Å². The Kier molecular flexibility index (Phi) is 4.45. The number of methoxy groups -OCH3 is 1. The fourth-order valence-electron chi connectivity index (χ4n) is 2.20. The van der Waals surface area contributed by atoms with Gasteiger partial charge in [0.25, 0.3) is 5.69 Å². The first-order chi connectivity index (χ1) is 9.86. The first-order valence-corrected chi connectivity index (χ1v) is 7.81. The van der Waals surface area contributed by atoms with Gasteiger partial charge >= 0.3 is 0 Å². The average Bonchev–Trinajstić information content (AvgIpc) is 2.46. The summed E-state index contributed by atoms with van der Waals surface area (Å²) >= 11 is 0. The number of nitro benzene ring substituents is 1. The highest BCUT2D eigenvalue weighted by atomic mass is 32.2. The summed E-state index contributed by atoms with van der Waals surface area (Å²) in [6.45, 7) is 0.424. The molecule has 1 heterocycles. The van der Waals surface area contributed by atoms with E-state index in [0.29, 0.717) is 12.8 Å². The fraction of sp³-hybridized carbons (Fsp3) is 0.500. The molecule has 1 N–H and O–H groups in total. The van der Waals surface area contributed by atoms with E-state index in [4.69, 9.17) is 4.74 Å². The molecule has 0 amide bonds. The number of hydrogen-bond donors (Lipinski definition) is 1. The van der Waals surface area contributed by atoms with Gasteiger partial charge in [0.05, 0.1) is 24.2 Å². The molecular weight excluding hydrogens is 300 g/mol. The molecule has 1 aliphatic rings. The van der Waals surface area contributed by atoms with Gasteiger partial charge in [-0.15, -0.1) is 0 Å². The van der Waals surface area contributed by atoms with E-state index in [1.807, 2.05) is 0 Å². The number of sulfonamides is 1. The van der Waals surface area contributed by atoms with Crippen molar-refractivity contribution in [1.82, 2.24) is 4.31 Å². The molecule has 1 aromatic carbocycles. The highest BCUT2D eigenvalue weighted by Gasteiger charge is 2.31. The van der Waals surface area contributed by atoms with E-state index in [9.17, 15) is 23.6 Å². The number of aliphatic hydroxyl groups excluding tert-OH is 1. The second kappa shape index (κ2) is 5.96. The first kappa shape index (κ1) is 15.7. The summed E-state index contributed by atoms with van der Waals surface area (Å²) in [6.07, 6.45) is 0.249. The molecule has 8 nitrogen and oxygen atoms in total. The van der Waals surface area contributed by atoms with Gasteiger partial charge in [0.15, 0.2) is 0 Å². The summed E-state index contributed by atoms with van der Waals surface area (Å²) in [6, 6.07) is 3.40. The molecule has 0 spiro atoms. The number of rotatable bonds is 4. The highest BCUT2D eigenvalue weighted by molar-refractivity contribution is 7.89. The van der Waals surface area contributed by atoms with E-state index in [0.717, 1.165) is 12.1 Å². The molecule has 0 aliphatic carbocycles. The van der Waals surface area contributed by atoms with Crippen molar-refractivity contribution in [3.8, 4) is 5.75 Å². The Morgan fingerprint density at radius 2 is 2.00 bits per heavy atom. The highest BCUT2D eigenvalue weighted by Crippen LogP contribution is 2.31. The van der Waals surface area contributed by atoms with Crippen LogP contribution < -0.4 is 4.74 Å². The summed E-state index contributed by atoms with van der Waals surface area (Å²) in [7, 11) is -2.53. The van der Waals surface area contributed by atoms with Crippen molar-refractivity contribution in [2.75, 3.05) is 20.2 Å². The molecule has 0 atom stereocenters. The van der Waals surface area contributed by atoms with Crippen LogP contribution in [0.1, 0.15) is 12.8 Å². The van der Waals surface area contributed by atoms with Crippen molar-refractivity contribution >= 4 is 15.7 Å².